The predicted octanol–water partition coefficient (Wildman–Crippen LogP) is 3.58. The van der Waals surface area contributed by atoms with Gasteiger partial charge >= 0.3 is 6.18 Å². The first-order chi connectivity index (χ1) is 15.7. The van der Waals surface area contributed by atoms with E-state index in [4.69, 9.17) is 0 Å². The number of thiazole rings is 1. The van der Waals surface area contributed by atoms with Crippen LogP contribution in [0.3, 0.4) is 0 Å². The van der Waals surface area contributed by atoms with Gasteiger partial charge in [0.15, 0.2) is 17.1 Å². The highest BCUT2D eigenvalue weighted by Gasteiger charge is 2.34. The van der Waals surface area contributed by atoms with E-state index in [2.05, 4.69) is 20.2 Å². The molecule has 0 N–H and O–H groups in total. The van der Waals surface area contributed by atoms with E-state index in [-0.39, 0.29) is 35.0 Å². The molecule has 33 heavy (non-hydrogen) atoms. The SMILES string of the molecule is Cn1ncc(-c2nc(C(F)(F)F)cs2)c1C(=O)Cc1ccn2nc(N3CC[C@@H](F)C3)nc2c1. The van der Waals surface area contributed by atoms with Gasteiger partial charge in [-0.3, -0.25) is 9.48 Å². The first kappa shape index (κ1) is 21.5. The van der Waals surface area contributed by atoms with E-state index in [1.54, 1.807) is 34.8 Å². The smallest absolute Gasteiger partial charge is 0.336 e. The van der Waals surface area contributed by atoms with Gasteiger partial charge in [-0.25, -0.2) is 13.9 Å². The molecular formula is C20H17F4N7OS. The summed E-state index contributed by atoms with van der Waals surface area (Å²) < 4.78 is 55.2. The molecule has 8 nitrogen and oxygen atoms in total. The lowest BCUT2D eigenvalue weighted by molar-refractivity contribution is -0.140. The number of hydrogen-bond donors (Lipinski definition) is 0. The average Bonchev–Trinajstić information content (AvgIpc) is 3.52. The number of hydrogen-bond acceptors (Lipinski definition) is 7. The Kier molecular flexibility index (Phi) is 5.15. The second-order valence-electron chi connectivity index (χ2n) is 7.75. The van der Waals surface area contributed by atoms with Crippen molar-refractivity contribution in [2.75, 3.05) is 18.0 Å². The highest BCUT2D eigenvalue weighted by atomic mass is 32.1. The normalized spacial score (nSPS) is 16.8. The molecular weight excluding hydrogens is 462 g/mol. The summed E-state index contributed by atoms with van der Waals surface area (Å²) in [5.74, 6) is 0.106. The third-order valence-electron chi connectivity index (χ3n) is 5.40. The molecule has 0 unspecified atom stereocenters. The molecule has 0 aromatic carbocycles. The van der Waals surface area contributed by atoms with Crippen LogP contribution in [0, 0.1) is 0 Å². The molecule has 1 saturated heterocycles. The maximum atomic E-state index is 13.5. The van der Waals surface area contributed by atoms with E-state index < -0.39 is 18.0 Å². The molecule has 1 aliphatic rings. The first-order valence-corrected chi connectivity index (χ1v) is 10.9. The zero-order valence-corrected chi connectivity index (χ0v) is 18.1. The summed E-state index contributed by atoms with van der Waals surface area (Å²) in [5.41, 5.74) is 0.584. The highest BCUT2D eigenvalue weighted by molar-refractivity contribution is 7.13. The maximum absolute atomic E-state index is 13.5. The number of carbonyl (C=O) groups is 1. The van der Waals surface area contributed by atoms with Crippen molar-refractivity contribution in [3.63, 3.8) is 0 Å². The standard InChI is InChI=1S/C20H17F4N7OS/c1-29-17(13(8-25-29)18-26-15(10-33-18)20(22,23)24)14(32)6-11-2-5-31-16(7-11)27-19(28-31)30-4-3-12(21)9-30/h2,5,7-8,10,12H,3-4,6,9H2,1H3/t12-/m1/s1. The van der Waals surface area contributed by atoms with E-state index in [0.29, 0.717) is 30.1 Å². The monoisotopic (exact) mass is 479 g/mol. The Hall–Kier alpha value is -3.35. The molecule has 5 rings (SSSR count). The third kappa shape index (κ3) is 4.08. The summed E-state index contributed by atoms with van der Waals surface area (Å²) in [7, 11) is 1.55. The summed E-state index contributed by atoms with van der Waals surface area (Å²) >= 11 is 0.808. The number of ketones is 1. The number of aromatic nitrogens is 6. The molecule has 0 spiro atoms. The Balaban J connectivity index is 1.40. The Morgan fingerprint density at radius 2 is 2.12 bits per heavy atom. The van der Waals surface area contributed by atoms with Gasteiger partial charge in [-0.2, -0.15) is 23.3 Å². The summed E-state index contributed by atoms with van der Waals surface area (Å²) in [4.78, 5) is 22.9. The number of fused-ring (bicyclic) bond motifs is 1. The van der Waals surface area contributed by atoms with Gasteiger partial charge in [-0.05, 0) is 24.1 Å². The van der Waals surface area contributed by atoms with Gasteiger partial charge < -0.3 is 4.90 Å². The average molecular weight is 479 g/mol. The summed E-state index contributed by atoms with van der Waals surface area (Å²) in [5, 5.41) is 9.40. The van der Waals surface area contributed by atoms with Crippen LogP contribution in [0.15, 0.2) is 29.9 Å². The fourth-order valence-electron chi connectivity index (χ4n) is 3.78. The van der Waals surface area contributed by atoms with Gasteiger partial charge in [0.05, 0.1) is 18.3 Å². The van der Waals surface area contributed by atoms with Gasteiger partial charge in [-0.1, -0.05) is 0 Å². The van der Waals surface area contributed by atoms with Crippen molar-refractivity contribution in [1.82, 2.24) is 29.4 Å². The molecule has 0 amide bonds. The minimum atomic E-state index is -4.56. The van der Waals surface area contributed by atoms with Gasteiger partial charge in [0.25, 0.3) is 0 Å². The number of aryl methyl sites for hydroxylation is 1. The van der Waals surface area contributed by atoms with Gasteiger partial charge in [0.1, 0.15) is 16.9 Å². The fraction of sp³-hybridized carbons (Fsp3) is 0.350. The molecule has 4 aromatic heterocycles. The zero-order valence-electron chi connectivity index (χ0n) is 17.3. The number of rotatable bonds is 5. The van der Waals surface area contributed by atoms with Crippen molar-refractivity contribution in [2.45, 2.75) is 25.2 Å². The lowest BCUT2D eigenvalue weighted by atomic mass is 10.1. The molecule has 0 saturated carbocycles. The van der Waals surface area contributed by atoms with Crippen LogP contribution in [-0.2, 0) is 19.6 Å². The number of carbonyl (C=O) groups excluding carboxylic acids is 1. The van der Waals surface area contributed by atoms with Crippen molar-refractivity contribution >= 4 is 28.7 Å². The summed E-state index contributed by atoms with van der Waals surface area (Å²) in [6.07, 6.45) is -2.03. The van der Waals surface area contributed by atoms with Crippen molar-refractivity contribution in [3.05, 3.63) is 46.9 Å². The highest BCUT2D eigenvalue weighted by Crippen LogP contribution is 2.35. The van der Waals surface area contributed by atoms with E-state index >= 15 is 0 Å². The van der Waals surface area contributed by atoms with Crippen LogP contribution in [0.25, 0.3) is 16.2 Å². The quantitative estimate of drug-likeness (QED) is 0.322. The molecule has 0 bridgehead atoms. The zero-order chi connectivity index (χ0) is 23.3. The molecule has 13 heteroatoms. The lowest BCUT2D eigenvalue weighted by Gasteiger charge is -2.10. The molecule has 5 heterocycles. The molecule has 1 fully saturated rings. The largest absolute Gasteiger partial charge is 0.434 e. The van der Waals surface area contributed by atoms with E-state index in [9.17, 15) is 22.4 Å². The van der Waals surface area contributed by atoms with Crippen molar-refractivity contribution in [2.24, 2.45) is 7.05 Å². The van der Waals surface area contributed by atoms with Crippen LogP contribution in [0.5, 0.6) is 0 Å². The van der Waals surface area contributed by atoms with Gasteiger partial charge in [-0.15, -0.1) is 16.4 Å². The van der Waals surface area contributed by atoms with E-state index in [1.165, 1.54) is 10.9 Å². The Labute approximate surface area is 188 Å². The third-order valence-corrected chi connectivity index (χ3v) is 6.27. The number of halogens is 4. The molecule has 0 aliphatic carbocycles. The summed E-state index contributed by atoms with van der Waals surface area (Å²) in [6.45, 7) is 0.789. The van der Waals surface area contributed by atoms with Crippen LogP contribution < -0.4 is 4.90 Å². The van der Waals surface area contributed by atoms with Gasteiger partial charge in [0, 0.05) is 31.6 Å². The first-order valence-electron chi connectivity index (χ1n) is 10.0. The Morgan fingerprint density at radius 3 is 2.82 bits per heavy atom. The van der Waals surface area contributed by atoms with Crippen LogP contribution in [0.1, 0.15) is 28.2 Å². The van der Waals surface area contributed by atoms with Crippen molar-refractivity contribution < 1.29 is 22.4 Å². The topological polar surface area (TPSA) is 81.2 Å². The molecule has 4 aromatic rings. The minimum Gasteiger partial charge on any atom is -0.336 e. The Morgan fingerprint density at radius 1 is 1.30 bits per heavy atom. The second kappa shape index (κ2) is 7.90. The van der Waals surface area contributed by atoms with E-state index in [1.807, 2.05) is 0 Å². The number of Topliss-reactive ketones (excluding diaryl/α,β-unsaturated/α-hetero) is 1. The lowest BCUT2D eigenvalue weighted by Crippen LogP contribution is -2.21. The van der Waals surface area contributed by atoms with E-state index in [0.717, 1.165) is 16.7 Å². The number of anilines is 1. The van der Waals surface area contributed by atoms with Crippen LogP contribution in [0.4, 0.5) is 23.5 Å². The Bertz CT molecular complexity index is 1340. The van der Waals surface area contributed by atoms with Gasteiger partial charge in [0.2, 0.25) is 5.95 Å². The second-order valence-corrected chi connectivity index (χ2v) is 8.61. The fourth-order valence-corrected chi connectivity index (χ4v) is 4.61. The maximum Gasteiger partial charge on any atom is 0.434 e. The molecule has 1 aliphatic heterocycles. The predicted molar refractivity (Wildman–Crippen MR) is 112 cm³/mol. The number of nitrogens with zero attached hydrogens (tertiary/aromatic N) is 7. The van der Waals surface area contributed by atoms with Crippen LogP contribution in [-0.4, -0.2) is 54.4 Å². The minimum absolute atomic E-state index is 0.0149. The van der Waals surface area contributed by atoms with Crippen molar-refractivity contribution in [3.8, 4) is 10.6 Å². The van der Waals surface area contributed by atoms with Crippen LogP contribution >= 0.6 is 11.3 Å². The molecule has 1 atom stereocenters. The number of pyridine rings is 1. The van der Waals surface area contributed by atoms with Crippen molar-refractivity contribution in [1.29, 1.82) is 0 Å². The van der Waals surface area contributed by atoms with Crippen LogP contribution in [0.2, 0.25) is 0 Å². The molecule has 0 radical (unpaired) electrons. The number of alkyl halides is 4. The molecule has 172 valence electrons. The summed E-state index contributed by atoms with van der Waals surface area (Å²) in [6, 6.07) is 3.42.